The lowest BCUT2D eigenvalue weighted by Crippen LogP contribution is -2.30. The lowest BCUT2D eigenvalue weighted by Gasteiger charge is -2.18. The number of ether oxygens (including phenoxy) is 2. The van der Waals surface area contributed by atoms with Gasteiger partial charge >= 0.3 is 0 Å². The lowest BCUT2D eigenvalue weighted by atomic mass is 10.1. The largest absolute Gasteiger partial charge is 0.454 e. The van der Waals surface area contributed by atoms with Crippen molar-refractivity contribution in [1.29, 1.82) is 5.26 Å². The van der Waals surface area contributed by atoms with Crippen LogP contribution in [0.1, 0.15) is 29.8 Å². The number of rotatable bonds is 6. The molecule has 0 aliphatic carbocycles. The number of benzene rings is 2. The molecule has 28 heavy (non-hydrogen) atoms. The molecule has 1 heterocycles. The number of anilines is 1. The molecule has 2 aromatic rings. The molecule has 0 atom stereocenters. The molecule has 0 aromatic heterocycles. The van der Waals surface area contributed by atoms with E-state index in [2.05, 4.69) is 5.32 Å². The van der Waals surface area contributed by atoms with E-state index in [9.17, 15) is 18.5 Å². The molecule has 0 unspecified atom stereocenters. The van der Waals surface area contributed by atoms with Crippen molar-refractivity contribution in [2.45, 2.75) is 18.7 Å². The third-order valence-electron chi connectivity index (χ3n) is 4.32. The van der Waals surface area contributed by atoms with Crippen molar-refractivity contribution in [3.63, 3.8) is 0 Å². The number of amides is 1. The highest BCUT2D eigenvalue weighted by atomic mass is 32.2. The quantitative estimate of drug-likeness (QED) is 0.797. The number of nitrogens with one attached hydrogen (secondary N) is 1. The van der Waals surface area contributed by atoms with Crippen molar-refractivity contribution in [2.75, 3.05) is 25.2 Å². The van der Waals surface area contributed by atoms with E-state index < -0.39 is 15.9 Å². The Morgan fingerprint density at radius 3 is 2.50 bits per heavy atom. The van der Waals surface area contributed by atoms with Crippen molar-refractivity contribution in [3.05, 3.63) is 47.5 Å². The number of carbonyl (C=O) groups is 1. The summed E-state index contributed by atoms with van der Waals surface area (Å²) in [6.07, 6.45) is 0. The van der Waals surface area contributed by atoms with E-state index in [-0.39, 0.29) is 28.5 Å². The zero-order valence-electron chi connectivity index (χ0n) is 15.4. The number of carbonyl (C=O) groups excluding carboxylic acids is 1. The Morgan fingerprint density at radius 2 is 1.86 bits per heavy atom. The minimum atomic E-state index is -3.69. The molecule has 1 aliphatic rings. The molecule has 9 heteroatoms. The van der Waals surface area contributed by atoms with E-state index in [1.807, 2.05) is 6.07 Å². The summed E-state index contributed by atoms with van der Waals surface area (Å²) < 4.78 is 37.2. The Bertz CT molecular complexity index is 1060. The molecule has 0 saturated heterocycles. The third-order valence-corrected chi connectivity index (χ3v) is 6.37. The SMILES string of the molecule is CCN(CC)S(=O)(=O)c1cccc(C(=O)Nc2cc3c(cc2C#N)OCO3)c1. The van der Waals surface area contributed by atoms with Gasteiger partial charge in [0.1, 0.15) is 6.07 Å². The topological polar surface area (TPSA) is 109 Å². The Morgan fingerprint density at radius 1 is 1.18 bits per heavy atom. The summed E-state index contributed by atoms with van der Waals surface area (Å²) in [6, 6.07) is 10.8. The van der Waals surface area contributed by atoms with Crippen molar-refractivity contribution >= 4 is 21.6 Å². The summed E-state index contributed by atoms with van der Waals surface area (Å²) >= 11 is 0. The van der Waals surface area contributed by atoms with Gasteiger partial charge in [0.2, 0.25) is 16.8 Å². The number of nitrogens with zero attached hydrogens (tertiary/aromatic N) is 2. The predicted octanol–water partition coefficient (Wildman–Crippen LogP) is 2.57. The van der Waals surface area contributed by atoms with Gasteiger partial charge in [-0.05, 0) is 18.2 Å². The number of fused-ring (bicyclic) bond motifs is 1. The molecule has 0 radical (unpaired) electrons. The molecule has 8 nitrogen and oxygen atoms in total. The Hall–Kier alpha value is -3.09. The van der Waals surface area contributed by atoms with E-state index in [0.717, 1.165) is 0 Å². The van der Waals surface area contributed by atoms with Crippen LogP contribution in [-0.4, -0.2) is 38.5 Å². The van der Waals surface area contributed by atoms with E-state index in [0.29, 0.717) is 24.6 Å². The van der Waals surface area contributed by atoms with Gasteiger partial charge in [-0.2, -0.15) is 9.57 Å². The number of hydrogen-bond acceptors (Lipinski definition) is 6. The number of nitriles is 1. The highest BCUT2D eigenvalue weighted by molar-refractivity contribution is 7.89. The van der Waals surface area contributed by atoms with Gasteiger partial charge in [0.05, 0.1) is 16.1 Å². The molecular weight excluding hydrogens is 382 g/mol. The lowest BCUT2D eigenvalue weighted by molar-refractivity contribution is 0.102. The van der Waals surface area contributed by atoms with Gasteiger partial charge in [-0.15, -0.1) is 0 Å². The highest BCUT2D eigenvalue weighted by Gasteiger charge is 2.23. The molecule has 0 spiro atoms. The molecule has 3 rings (SSSR count). The Balaban J connectivity index is 1.90. The fraction of sp³-hybridized carbons (Fsp3) is 0.263. The van der Waals surface area contributed by atoms with E-state index in [4.69, 9.17) is 9.47 Å². The normalized spacial score (nSPS) is 12.6. The minimum Gasteiger partial charge on any atom is -0.454 e. The first-order chi connectivity index (χ1) is 13.4. The van der Waals surface area contributed by atoms with Gasteiger partial charge in [-0.1, -0.05) is 19.9 Å². The van der Waals surface area contributed by atoms with Gasteiger partial charge in [0, 0.05) is 30.8 Å². The Kier molecular flexibility index (Phi) is 5.53. The van der Waals surface area contributed by atoms with Gasteiger partial charge in [0.15, 0.2) is 11.5 Å². The molecule has 1 amide bonds. The summed E-state index contributed by atoms with van der Waals surface area (Å²) in [7, 11) is -3.69. The van der Waals surface area contributed by atoms with Crippen molar-refractivity contribution in [1.82, 2.24) is 4.31 Å². The molecule has 0 bridgehead atoms. The summed E-state index contributed by atoms with van der Waals surface area (Å²) in [5, 5.41) is 12.0. The van der Waals surface area contributed by atoms with Crippen molar-refractivity contribution in [3.8, 4) is 17.6 Å². The molecule has 146 valence electrons. The van der Waals surface area contributed by atoms with Crippen LogP contribution < -0.4 is 14.8 Å². The zero-order valence-corrected chi connectivity index (χ0v) is 16.2. The molecule has 0 saturated carbocycles. The summed E-state index contributed by atoms with van der Waals surface area (Å²) in [6.45, 7) is 4.21. The van der Waals surface area contributed by atoms with Crippen LogP contribution in [0.15, 0.2) is 41.3 Å². The van der Waals surface area contributed by atoms with Crippen LogP contribution >= 0.6 is 0 Å². The summed E-state index contributed by atoms with van der Waals surface area (Å²) in [5.74, 6) is 0.320. The maximum absolute atomic E-state index is 12.7. The van der Waals surface area contributed by atoms with Crippen LogP contribution in [0.3, 0.4) is 0 Å². The first-order valence-electron chi connectivity index (χ1n) is 8.66. The van der Waals surface area contributed by atoms with E-state index in [1.165, 1.54) is 40.7 Å². The third kappa shape index (κ3) is 3.65. The fourth-order valence-corrected chi connectivity index (χ4v) is 4.35. The van der Waals surface area contributed by atoms with Crippen LogP contribution in [0.5, 0.6) is 11.5 Å². The van der Waals surface area contributed by atoms with Crippen LogP contribution in [0.4, 0.5) is 5.69 Å². The van der Waals surface area contributed by atoms with Gasteiger partial charge in [-0.3, -0.25) is 4.79 Å². The van der Waals surface area contributed by atoms with Gasteiger partial charge in [0.25, 0.3) is 5.91 Å². The zero-order chi connectivity index (χ0) is 20.3. The second kappa shape index (κ2) is 7.88. The predicted molar refractivity (Wildman–Crippen MR) is 102 cm³/mol. The number of hydrogen-bond donors (Lipinski definition) is 1. The summed E-state index contributed by atoms with van der Waals surface area (Å²) in [4.78, 5) is 12.7. The average Bonchev–Trinajstić information content (AvgIpc) is 3.15. The molecule has 2 aromatic carbocycles. The van der Waals surface area contributed by atoms with Crippen LogP contribution in [0.25, 0.3) is 0 Å². The monoisotopic (exact) mass is 401 g/mol. The van der Waals surface area contributed by atoms with E-state index in [1.54, 1.807) is 13.8 Å². The van der Waals surface area contributed by atoms with Crippen LogP contribution in [0.2, 0.25) is 0 Å². The minimum absolute atomic E-state index is 0.0371. The summed E-state index contributed by atoms with van der Waals surface area (Å²) in [5.41, 5.74) is 0.632. The van der Waals surface area contributed by atoms with Crippen LogP contribution in [0, 0.1) is 11.3 Å². The van der Waals surface area contributed by atoms with Crippen molar-refractivity contribution < 1.29 is 22.7 Å². The van der Waals surface area contributed by atoms with Gasteiger partial charge in [-0.25, -0.2) is 8.42 Å². The average molecular weight is 401 g/mol. The maximum Gasteiger partial charge on any atom is 0.255 e. The standard InChI is InChI=1S/C19H19N3O5S/c1-3-22(4-2)28(24,25)15-7-5-6-13(8-15)19(23)21-16-10-18-17(26-12-27-18)9-14(16)11-20/h5-10H,3-4,12H2,1-2H3,(H,21,23). The fourth-order valence-electron chi connectivity index (χ4n) is 2.84. The first-order valence-corrected chi connectivity index (χ1v) is 10.1. The second-order valence-corrected chi connectivity index (χ2v) is 7.87. The molecule has 1 N–H and O–H groups in total. The second-order valence-electron chi connectivity index (χ2n) is 5.93. The Labute approximate surface area is 163 Å². The highest BCUT2D eigenvalue weighted by Crippen LogP contribution is 2.37. The van der Waals surface area contributed by atoms with E-state index >= 15 is 0 Å². The smallest absolute Gasteiger partial charge is 0.255 e. The molecular formula is C19H19N3O5S. The van der Waals surface area contributed by atoms with Crippen LogP contribution in [-0.2, 0) is 10.0 Å². The molecule has 1 aliphatic heterocycles. The van der Waals surface area contributed by atoms with Gasteiger partial charge < -0.3 is 14.8 Å². The number of sulfonamides is 1. The maximum atomic E-state index is 12.7. The first kappa shape index (κ1) is 19.7. The van der Waals surface area contributed by atoms with Crippen molar-refractivity contribution in [2.24, 2.45) is 0 Å². The molecule has 0 fully saturated rings.